The van der Waals surface area contributed by atoms with Gasteiger partial charge in [-0.25, -0.2) is 5.43 Å². The lowest BCUT2D eigenvalue weighted by Crippen LogP contribution is -2.17. The molecule has 24 heavy (non-hydrogen) atoms. The van der Waals surface area contributed by atoms with Crippen LogP contribution in [0.4, 0.5) is 0 Å². The predicted molar refractivity (Wildman–Crippen MR) is 104 cm³/mol. The first kappa shape index (κ1) is 19.0. The van der Waals surface area contributed by atoms with Gasteiger partial charge >= 0.3 is 0 Å². The normalized spacial score (nSPS) is 10.8. The molecular formula is C16H13Br3N2O3. The van der Waals surface area contributed by atoms with Gasteiger partial charge in [0.15, 0.2) is 11.5 Å². The van der Waals surface area contributed by atoms with Crippen molar-refractivity contribution in [3.8, 4) is 11.5 Å². The Balaban J connectivity index is 2.18. The van der Waals surface area contributed by atoms with Crippen molar-refractivity contribution in [2.24, 2.45) is 5.10 Å². The maximum absolute atomic E-state index is 12.0. The van der Waals surface area contributed by atoms with Crippen LogP contribution < -0.4 is 10.2 Å². The Morgan fingerprint density at radius 1 is 1.29 bits per heavy atom. The van der Waals surface area contributed by atoms with E-state index in [1.165, 1.54) is 6.21 Å². The molecule has 5 nitrogen and oxygen atoms in total. The summed E-state index contributed by atoms with van der Waals surface area (Å²) in [7, 11) is 0. The van der Waals surface area contributed by atoms with E-state index in [4.69, 9.17) is 4.74 Å². The monoisotopic (exact) mass is 518 g/mol. The van der Waals surface area contributed by atoms with Crippen LogP contribution in [-0.2, 0) is 0 Å². The zero-order valence-electron chi connectivity index (χ0n) is 12.5. The average molecular weight is 521 g/mol. The molecule has 0 spiro atoms. The Labute approximate surface area is 164 Å². The summed E-state index contributed by atoms with van der Waals surface area (Å²) >= 11 is 9.97. The summed E-state index contributed by atoms with van der Waals surface area (Å²) in [5.74, 6) is -0.00191. The van der Waals surface area contributed by atoms with E-state index in [-0.39, 0.29) is 11.7 Å². The molecule has 0 atom stereocenters. The lowest BCUT2D eigenvalue weighted by molar-refractivity contribution is 0.0955. The minimum Gasteiger partial charge on any atom is -0.503 e. The van der Waals surface area contributed by atoms with Crippen LogP contribution in [0.1, 0.15) is 22.8 Å². The zero-order chi connectivity index (χ0) is 17.7. The molecule has 2 aromatic rings. The quantitative estimate of drug-likeness (QED) is 0.438. The van der Waals surface area contributed by atoms with E-state index in [1.54, 1.807) is 24.3 Å². The van der Waals surface area contributed by atoms with E-state index in [0.29, 0.717) is 32.4 Å². The first-order valence-electron chi connectivity index (χ1n) is 6.86. The highest BCUT2D eigenvalue weighted by Gasteiger charge is 2.14. The number of hydrazone groups is 1. The van der Waals surface area contributed by atoms with E-state index in [2.05, 4.69) is 58.3 Å². The number of hydrogen-bond donors (Lipinski definition) is 2. The maximum atomic E-state index is 12.0. The largest absolute Gasteiger partial charge is 0.503 e. The van der Waals surface area contributed by atoms with Gasteiger partial charge in [-0.3, -0.25) is 4.79 Å². The molecule has 0 bridgehead atoms. The average Bonchev–Trinajstić information content (AvgIpc) is 2.56. The Morgan fingerprint density at radius 3 is 2.71 bits per heavy atom. The fourth-order valence-corrected chi connectivity index (χ4v) is 3.05. The Kier molecular flexibility index (Phi) is 6.82. The van der Waals surface area contributed by atoms with Gasteiger partial charge < -0.3 is 9.84 Å². The number of halogens is 3. The fraction of sp³-hybridized carbons (Fsp3) is 0.125. The van der Waals surface area contributed by atoms with Crippen LogP contribution in [0.5, 0.6) is 11.5 Å². The lowest BCUT2D eigenvalue weighted by Gasteiger charge is -2.10. The van der Waals surface area contributed by atoms with Gasteiger partial charge in [0.2, 0.25) is 0 Å². The number of carbonyl (C=O) groups excluding carboxylic acids is 1. The summed E-state index contributed by atoms with van der Waals surface area (Å²) in [4.78, 5) is 12.0. The minimum absolute atomic E-state index is 0.000883. The van der Waals surface area contributed by atoms with Crippen LogP contribution in [-0.4, -0.2) is 23.8 Å². The molecule has 0 aliphatic heterocycles. The van der Waals surface area contributed by atoms with Gasteiger partial charge in [-0.15, -0.1) is 0 Å². The number of hydrogen-bond acceptors (Lipinski definition) is 4. The molecule has 0 saturated carbocycles. The fourth-order valence-electron chi connectivity index (χ4n) is 1.83. The maximum Gasteiger partial charge on any atom is 0.271 e. The van der Waals surface area contributed by atoms with E-state index in [9.17, 15) is 9.90 Å². The SMILES string of the molecule is CCOc1cc(C=NNC(=O)c2cccc(Br)c2)c(Br)c(Br)c1O. The Hall–Kier alpha value is -1.38. The van der Waals surface area contributed by atoms with Crippen LogP contribution >= 0.6 is 47.8 Å². The second kappa shape index (κ2) is 8.64. The summed E-state index contributed by atoms with van der Waals surface area (Å²) < 4.78 is 7.23. The molecule has 126 valence electrons. The van der Waals surface area contributed by atoms with Gasteiger partial charge in [-0.2, -0.15) is 5.10 Å². The third-order valence-corrected chi connectivity index (χ3v) is 5.58. The van der Waals surface area contributed by atoms with Crippen molar-refractivity contribution in [3.63, 3.8) is 0 Å². The molecule has 2 N–H and O–H groups in total. The number of rotatable bonds is 5. The summed E-state index contributed by atoms with van der Waals surface area (Å²) in [5.41, 5.74) is 3.58. The van der Waals surface area contributed by atoms with E-state index >= 15 is 0 Å². The molecule has 0 unspecified atom stereocenters. The van der Waals surface area contributed by atoms with E-state index in [1.807, 2.05) is 13.0 Å². The molecule has 0 aliphatic rings. The number of nitrogens with zero attached hydrogens (tertiary/aromatic N) is 1. The number of ether oxygens (including phenoxy) is 1. The van der Waals surface area contributed by atoms with Crippen LogP contribution in [0, 0.1) is 0 Å². The third-order valence-electron chi connectivity index (χ3n) is 2.93. The Bertz CT molecular complexity index is 794. The van der Waals surface area contributed by atoms with E-state index < -0.39 is 0 Å². The highest BCUT2D eigenvalue weighted by molar-refractivity contribution is 9.13. The van der Waals surface area contributed by atoms with Crippen molar-refractivity contribution >= 4 is 59.9 Å². The molecule has 1 amide bonds. The van der Waals surface area contributed by atoms with Crippen molar-refractivity contribution < 1.29 is 14.6 Å². The number of phenols is 1. The van der Waals surface area contributed by atoms with Gasteiger partial charge in [0.05, 0.1) is 17.3 Å². The molecule has 8 heteroatoms. The highest BCUT2D eigenvalue weighted by Crippen LogP contribution is 2.41. The van der Waals surface area contributed by atoms with Crippen molar-refractivity contribution in [1.29, 1.82) is 0 Å². The third kappa shape index (κ3) is 4.58. The number of carbonyl (C=O) groups is 1. The van der Waals surface area contributed by atoms with Crippen LogP contribution in [0.25, 0.3) is 0 Å². The second-order valence-corrected chi connectivity index (χ2v) is 7.08. The number of phenolic OH excluding ortho intramolecular Hbond substituents is 1. The number of nitrogens with one attached hydrogen (secondary N) is 1. The topological polar surface area (TPSA) is 70.9 Å². The van der Waals surface area contributed by atoms with Crippen LogP contribution in [0.2, 0.25) is 0 Å². The number of amides is 1. The smallest absolute Gasteiger partial charge is 0.271 e. The first-order chi connectivity index (χ1) is 11.4. The Morgan fingerprint density at radius 2 is 2.04 bits per heavy atom. The second-order valence-electron chi connectivity index (χ2n) is 4.58. The van der Waals surface area contributed by atoms with Crippen molar-refractivity contribution in [2.45, 2.75) is 6.92 Å². The van der Waals surface area contributed by atoms with Crippen LogP contribution in [0.15, 0.2) is 48.9 Å². The number of benzene rings is 2. The van der Waals surface area contributed by atoms with Crippen molar-refractivity contribution in [2.75, 3.05) is 6.61 Å². The molecule has 0 aliphatic carbocycles. The first-order valence-corrected chi connectivity index (χ1v) is 9.24. The van der Waals surface area contributed by atoms with Gasteiger partial charge in [0.1, 0.15) is 0 Å². The zero-order valence-corrected chi connectivity index (χ0v) is 17.3. The lowest BCUT2D eigenvalue weighted by atomic mass is 10.2. The molecule has 0 saturated heterocycles. The minimum atomic E-state index is -0.327. The van der Waals surface area contributed by atoms with Gasteiger partial charge in [0.25, 0.3) is 5.91 Å². The summed E-state index contributed by atoms with van der Waals surface area (Å²) in [6.07, 6.45) is 1.46. The van der Waals surface area contributed by atoms with Gasteiger partial charge in [-0.1, -0.05) is 22.0 Å². The summed E-state index contributed by atoms with van der Waals surface area (Å²) in [5, 5.41) is 14.0. The summed E-state index contributed by atoms with van der Waals surface area (Å²) in [6, 6.07) is 8.62. The van der Waals surface area contributed by atoms with Gasteiger partial charge in [0, 0.05) is 20.1 Å². The molecule has 2 rings (SSSR count). The van der Waals surface area contributed by atoms with Crippen molar-refractivity contribution in [1.82, 2.24) is 5.43 Å². The molecule has 0 heterocycles. The van der Waals surface area contributed by atoms with E-state index in [0.717, 1.165) is 4.47 Å². The standard InChI is InChI=1S/C16H13Br3N2O3/c1-2-24-12-7-10(13(18)14(19)15(12)22)8-20-21-16(23)9-4-3-5-11(17)6-9/h3-8,22H,2H2,1H3,(H,21,23). The molecule has 0 fully saturated rings. The number of aromatic hydroxyl groups is 1. The van der Waals surface area contributed by atoms with Crippen LogP contribution in [0.3, 0.4) is 0 Å². The highest BCUT2D eigenvalue weighted by atomic mass is 79.9. The molecular weight excluding hydrogens is 508 g/mol. The molecule has 0 aromatic heterocycles. The van der Waals surface area contributed by atoms with Gasteiger partial charge in [-0.05, 0) is 63.0 Å². The predicted octanol–water partition coefficient (Wildman–Crippen LogP) is 4.84. The summed E-state index contributed by atoms with van der Waals surface area (Å²) in [6.45, 7) is 2.24. The molecule has 0 radical (unpaired) electrons. The molecule has 2 aromatic carbocycles. The van der Waals surface area contributed by atoms with Crippen molar-refractivity contribution in [3.05, 3.63) is 54.9 Å².